The van der Waals surface area contributed by atoms with Gasteiger partial charge in [0.05, 0.1) is 4.75 Å². The van der Waals surface area contributed by atoms with Gasteiger partial charge in [0, 0.05) is 17.2 Å². The number of ketones is 3. The van der Waals surface area contributed by atoms with E-state index in [-0.39, 0.29) is 23.1 Å². The molecule has 134 valence electrons. The van der Waals surface area contributed by atoms with Crippen LogP contribution in [0.5, 0.6) is 0 Å². The number of fused-ring (bicyclic) bond motifs is 1. The van der Waals surface area contributed by atoms with E-state index in [0.717, 1.165) is 6.07 Å². The average Bonchev–Trinajstić information content (AvgIpc) is 3.33. The first-order valence-corrected chi connectivity index (χ1v) is 8.97. The van der Waals surface area contributed by atoms with Crippen molar-refractivity contribution in [2.24, 2.45) is 17.8 Å². The molecular formula is C17H16F3NO3S. The second-order valence-corrected chi connectivity index (χ2v) is 7.91. The highest BCUT2D eigenvalue weighted by molar-refractivity contribution is 8.00. The van der Waals surface area contributed by atoms with Crippen LogP contribution in [0, 0.1) is 24.7 Å². The van der Waals surface area contributed by atoms with Crippen molar-refractivity contribution in [2.45, 2.75) is 31.2 Å². The number of carbonyl (C=O) groups excluding carboxylic acids is 3. The molecule has 2 fully saturated rings. The molecule has 0 aromatic carbocycles. The fourth-order valence-electron chi connectivity index (χ4n) is 3.57. The van der Waals surface area contributed by atoms with E-state index in [1.165, 1.54) is 18.7 Å². The molecule has 0 amide bonds. The summed E-state index contributed by atoms with van der Waals surface area (Å²) in [7, 11) is 0. The molecule has 0 spiro atoms. The van der Waals surface area contributed by atoms with E-state index in [2.05, 4.69) is 4.98 Å². The van der Waals surface area contributed by atoms with Gasteiger partial charge in [0.25, 0.3) is 0 Å². The minimum Gasteiger partial charge on any atom is -0.298 e. The second kappa shape index (κ2) is 5.65. The Morgan fingerprint density at radius 3 is 2.48 bits per heavy atom. The van der Waals surface area contributed by atoms with Gasteiger partial charge in [-0.15, -0.1) is 0 Å². The van der Waals surface area contributed by atoms with Crippen LogP contribution in [0.25, 0.3) is 0 Å². The minimum absolute atomic E-state index is 0.0571. The smallest absolute Gasteiger partial charge is 0.298 e. The number of Topliss-reactive ketones (excluding diaryl/α,β-unsaturated/α-hetero) is 3. The summed E-state index contributed by atoms with van der Waals surface area (Å²) in [6, 6.07) is 1.70. The summed E-state index contributed by atoms with van der Waals surface area (Å²) >= 11 is 1.32. The summed E-state index contributed by atoms with van der Waals surface area (Å²) in [5, 5.41) is 0. The van der Waals surface area contributed by atoms with Crippen molar-refractivity contribution < 1.29 is 27.6 Å². The zero-order valence-corrected chi connectivity index (χ0v) is 14.6. The number of hydrogen-bond acceptors (Lipinski definition) is 5. The molecule has 0 N–H and O–H groups in total. The number of alkyl halides is 3. The van der Waals surface area contributed by atoms with E-state index in [1.54, 1.807) is 13.2 Å². The number of carbonyl (C=O) groups is 3. The Hall–Kier alpha value is -1.70. The van der Waals surface area contributed by atoms with Crippen LogP contribution in [0.2, 0.25) is 0 Å². The molecular weight excluding hydrogens is 355 g/mol. The van der Waals surface area contributed by atoms with Gasteiger partial charge in [-0.1, -0.05) is 0 Å². The summed E-state index contributed by atoms with van der Waals surface area (Å²) in [6.45, 7) is 3.00. The molecule has 0 aliphatic heterocycles. The number of pyridine rings is 1. The Bertz CT molecular complexity index is 792. The van der Waals surface area contributed by atoms with Crippen LogP contribution in [0.4, 0.5) is 13.2 Å². The molecule has 8 heteroatoms. The lowest BCUT2D eigenvalue weighted by Gasteiger charge is -2.33. The first kappa shape index (κ1) is 18.1. The van der Waals surface area contributed by atoms with Gasteiger partial charge in [-0.2, -0.15) is 24.9 Å². The highest BCUT2D eigenvalue weighted by atomic mass is 32.2. The van der Waals surface area contributed by atoms with Crippen molar-refractivity contribution in [1.82, 2.24) is 4.98 Å². The number of aryl methyl sites for hydroxylation is 1. The Labute approximate surface area is 146 Å². The third-order valence-corrected chi connectivity index (χ3v) is 6.58. The maximum Gasteiger partial charge on any atom is 0.433 e. The van der Waals surface area contributed by atoms with E-state index in [9.17, 15) is 27.6 Å². The van der Waals surface area contributed by atoms with Crippen LogP contribution in [0.3, 0.4) is 0 Å². The SMILES string of the molecule is CSC1(C)C(=O)C(C(=O)c2ccc(C(F)(F)F)nc2C)C(=O)C2CC21. The lowest BCUT2D eigenvalue weighted by molar-refractivity contribution is -0.141. The normalized spacial score (nSPS) is 31.7. The fourth-order valence-corrected chi connectivity index (χ4v) is 4.45. The molecule has 0 radical (unpaired) electrons. The largest absolute Gasteiger partial charge is 0.433 e. The van der Waals surface area contributed by atoms with Crippen LogP contribution in [-0.2, 0) is 15.8 Å². The van der Waals surface area contributed by atoms with E-state index in [4.69, 9.17) is 0 Å². The molecule has 2 aliphatic rings. The monoisotopic (exact) mass is 371 g/mol. The summed E-state index contributed by atoms with van der Waals surface area (Å²) in [6.07, 6.45) is -2.28. The first-order valence-electron chi connectivity index (χ1n) is 7.74. The van der Waals surface area contributed by atoms with Gasteiger partial charge in [-0.25, -0.2) is 4.98 Å². The van der Waals surface area contributed by atoms with Crippen molar-refractivity contribution in [3.8, 4) is 0 Å². The molecule has 1 aromatic heterocycles. The Balaban J connectivity index is 1.98. The van der Waals surface area contributed by atoms with Gasteiger partial charge in [0.1, 0.15) is 11.6 Å². The van der Waals surface area contributed by atoms with Crippen LogP contribution < -0.4 is 0 Å². The highest BCUT2D eigenvalue weighted by Gasteiger charge is 2.65. The van der Waals surface area contributed by atoms with Crippen molar-refractivity contribution in [3.63, 3.8) is 0 Å². The first-order chi connectivity index (χ1) is 11.5. The van der Waals surface area contributed by atoms with Gasteiger partial charge < -0.3 is 0 Å². The standard InChI is InChI=1S/C17H16F3NO3S/c1-7-8(4-5-11(21-7)17(18,19)20)13(22)12-14(23)9-6-10(9)16(2,25-3)15(12)24/h4-5,9-10,12H,6H2,1-3H3. The Morgan fingerprint density at radius 1 is 1.32 bits per heavy atom. The van der Waals surface area contributed by atoms with Gasteiger partial charge in [-0.05, 0) is 44.6 Å². The molecule has 4 unspecified atom stereocenters. The zero-order chi connectivity index (χ0) is 18.7. The lowest BCUT2D eigenvalue weighted by atomic mass is 9.76. The molecule has 4 nitrogen and oxygen atoms in total. The quantitative estimate of drug-likeness (QED) is 0.603. The summed E-state index contributed by atoms with van der Waals surface area (Å²) in [5.41, 5.74) is -1.36. The van der Waals surface area contributed by atoms with Crippen molar-refractivity contribution in [2.75, 3.05) is 6.26 Å². The maximum absolute atomic E-state index is 12.8. The number of thioether (sulfide) groups is 1. The Morgan fingerprint density at radius 2 is 1.96 bits per heavy atom. The third kappa shape index (κ3) is 2.70. The topological polar surface area (TPSA) is 64.1 Å². The van der Waals surface area contributed by atoms with Gasteiger partial charge in [-0.3, -0.25) is 14.4 Å². The van der Waals surface area contributed by atoms with Gasteiger partial charge >= 0.3 is 6.18 Å². The molecule has 0 bridgehead atoms. The van der Waals surface area contributed by atoms with Crippen molar-refractivity contribution in [3.05, 3.63) is 29.1 Å². The maximum atomic E-state index is 12.8. The Kier molecular flexibility index (Phi) is 4.09. The minimum atomic E-state index is -4.62. The van der Waals surface area contributed by atoms with Crippen molar-refractivity contribution >= 4 is 29.1 Å². The predicted octanol–water partition coefficient (Wildman–Crippen LogP) is 3.12. The predicted molar refractivity (Wildman–Crippen MR) is 85.3 cm³/mol. The molecule has 4 atom stereocenters. The van der Waals surface area contributed by atoms with E-state index in [0.29, 0.717) is 12.5 Å². The van der Waals surface area contributed by atoms with E-state index >= 15 is 0 Å². The molecule has 25 heavy (non-hydrogen) atoms. The highest BCUT2D eigenvalue weighted by Crippen LogP contribution is 2.58. The fraction of sp³-hybridized carbons (Fsp3) is 0.529. The zero-order valence-electron chi connectivity index (χ0n) is 13.8. The molecule has 3 rings (SSSR count). The van der Waals surface area contributed by atoms with Crippen molar-refractivity contribution in [1.29, 1.82) is 0 Å². The van der Waals surface area contributed by atoms with Crippen LogP contribution in [-0.4, -0.2) is 33.3 Å². The van der Waals surface area contributed by atoms with Crippen LogP contribution in [0.15, 0.2) is 12.1 Å². The lowest BCUT2D eigenvalue weighted by Crippen LogP contribution is -2.50. The number of rotatable bonds is 3. The molecule has 2 aliphatic carbocycles. The van der Waals surface area contributed by atoms with E-state index < -0.39 is 39.9 Å². The molecule has 1 aromatic rings. The van der Waals surface area contributed by atoms with Crippen LogP contribution >= 0.6 is 11.8 Å². The van der Waals surface area contributed by atoms with Gasteiger partial charge in [0.2, 0.25) is 0 Å². The summed E-state index contributed by atoms with van der Waals surface area (Å²) in [4.78, 5) is 41.5. The summed E-state index contributed by atoms with van der Waals surface area (Å²) < 4.78 is 37.4. The van der Waals surface area contributed by atoms with Crippen LogP contribution in [0.1, 0.15) is 35.1 Å². The van der Waals surface area contributed by atoms with E-state index in [1.807, 2.05) is 0 Å². The third-order valence-electron chi connectivity index (χ3n) is 5.23. The second-order valence-electron chi connectivity index (χ2n) is 6.65. The number of aromatic nitrogens is 1. The average molecular weight is 371 g/mol. The summed E-state index contributed by atoms with van der Waals surface area (Å²) in [5.74, 6) is -3.43. The number of hydrogen-bond donors (Lipinski definition) is 0. The number of halogens is 3. The molecule has 2 saturated carbocycles. The van der Waals surface area contributed by atoms with Gasteiger partial charge in [0.15, 0.2) is 17.3 Å². The molecule has 1 heterocycles. The molecule has 0 saturated heterocycles. The number of nitrogens with zero attached hydrogens (tertiary/aromatic N) is 1.